The molecule has 21 heavy (non-hydrogen) atoms. The molecular formula is C16H20ClNO3. The van der Waals surface area contributed by atoms with E-state index < -0.39 is 6.04 Å². The van der Waals surface area contributed by atoms with Crippen LogP contribution in [-0.2, 0) is 20.7 Å². The fourth-order valence-corrected chi connectivity index (χ4v) is 2.93. The van der Waals surface area contributed by atoms with Crippen molar-refractivity contribution in [2.45, 2.75) is 38.1 Å². The summed E-state index contributed by atoms with van der Waals surface area (Å²) in [5.74, 6) is -0.328. The number of hydrogen-bond acceptors (Lipinski definition) is 3. The Labute approximate surface area is 130 Å². The van der Waals surface area contributed by atoms with Gasteiger partial charge in [0.15, 0.2) is 0 Å². The molecule has 0 bridgehead atoms. The number of amides is 1. The Bertz CT molecular complexity index is 518. The molecule has 0 N–H and O–H groups in total. The number of ether oxygens (including phenoxy) is 1. The number of rotatable bonds is 4. The number of carbonyl (C=O) groups excluding carboxylic acids is 2. The lowest BCUT2D eigenvalue weighted by Gasteiger charge is -2.33. The average molecular weight is 310 g/mol. The second-order valence-corrected chi connectivity index (χ2v) is 5.62. The zero-order valence-corrected chi connectivity index (χ0v) is 12.9. The Balaban J connectivity index is 1.98. The lowest BCUT2D eigenvalue weighted by molar-refractivity contribution is -0.154. The van der Waals surface area contributed by atoms with Gasteiger partial charge in [-0.25, -0.2) is 4.79 Å². The maximum atomic E-state index is 12.4. The zero-order valence-electron chi connectivity index (χ0n) is 12.2. The summed E-state index contributed by atoms with van der Waals surface area (Å²) in [5.41, 5.74) is 0.958. The highest BCUT2D eigenvalue weighted by Crippen LogP contribution is 2.21. The van der Waals surface area contributed by atoms with E-state index in [1.165, 1.54) is 7.11 Å². The molecule has 1 fully saturated rings. The van der Waals surface area contributed by atoms with Gasteiger partial charge in [0.2, 0.25) is 5.91 Å². The van der Waals surface area contributed by atoms with Crippen LogP contribution in [0.3, 0.4) is 0 Å². The monoisotopic (exact) mass is 309 g/mol. The Morgan fingerprint density at radius 3 is 2.81 bits per heavy atom. The van der Waals surface area contributed by atoms with Crippen LogP contribution >= 0.6 is 11.6 Å². The first-order chi connectivity index (χ1) is 10.1. The number of piperidine rings is 1. The Kier molecular flexibility index (Phi) is 5.62. The van der Waals surface area contributed by atoms with E-state index >= 15 is 0 Å². The molecule has 0 aliphatic carbocycles. The first-order valence-electron chi connectivity index (χ1n) is 7.24. The lowest BCUT2D eigenvalue weighted by Crippen LogP contribution is -2.48. The van der Waals surface area contributed by atoms with Gasteiger partial charge in [-0.05, 0) is 37.3 Å². The number of hydrogen-bond donors (Lipinski definition) is 0. The number of likely N-dealkylation sites (tertiary alicyclic amines) is 1. The van der Waals surface area contributed by atoms with E-state index in [9.17, 15) is 9.59 Å². The van der Waals surface area contributed by atoms with Crippen molar-refractivity contribution in [3.05, 3.63) is 34.9 Å². The lowest BCUT2D eigenvalue weighted by atomic mass is 10.0. The summed E-state index contributed by atoms with van der Waals surface area (Å²) in [6, 6.07) is 7.08. The largest absolute Gasteiger partial charge is 0.467 e. The fourth-order valence-electron chi connectivity index (χ4n) is 2.70. The predicted octanol–water partition coefficient (Wildman–Crippen LogP) is 2.83. The molecule has 1 aliphatic heterocycles. The van der Waals surface area contributed by atoms with Crippen LogP contribution in [0.25, 0.3) is 0 Å². The van der Waals surface area contributed by atoms with Gasteiger partial charge >= 0.3 is 5.97 Å². The summed E-state index contributed by atoms with van der Waals surface area (Å²) in [6.45, 7) is 0.626. The summed E-state index contributed by atoms with van der Waals surface area (Å²) in [5, 5.41) is 0.675. The molecular weight excluding hydrogens is 290 g/mol. The van der Waals surface area contributed by atoms with Crippen molar-refractivity contribution in [2.24, 2.45) is 0 Å². The van der Waals surface area contributed by atoms with Crippen LogP contribution in [0.15, 0.2) is 24.3 Å². The van der Waals surface area contributed by atoms with Gasteiger partial charge in [-0.2, -0.15) is 0 Å². The number of carbonyl (C=O) groups is 2. The van der Waals surface area contributed by atoms with Gasteiger partial charge in [-0.1, -0.05) is 29.8 Å². The van der Waals surface area contributed by atoms with E-state index in [1.54, 1.807) is 4.90 Å². The minimum absolute atomic E-state index is 0.00924. The van der Waals surface area contributed by atoms with E-state index in [-0.39, 0.29) is 11.9 Å². The van der Waals surface area contributed by atoms with Crippen LogP contribution in [0.1, 0.15) is 31.2 Å². The molecule has 1 saturated heterocycles. The molecule has 0 unspecified atom stereocenters. The maximum absolute atomic E-state index is 12.4. The second-order valence-electron chi connectivity index (χ2n) is 5.21. The van der Waals surface area contributed by atoms with Gasteiger partial charge in [0.05, 0.1) is 7.11 Å². The third-order valence-electron chi connectivity index (χ3n) is 3.86. The first kappa shape index (κ1) is 15.8. The van der Waals surface area contributed by atoms with Crippen LogP contribution in [0.2, 0.25) is 5.02 Å². The standard InChI is InChI=1S/C16H20ClNO3/c1-21-16(20)14-8-4-5-11-18(14)15(19)10-9-12-6-2-3-7-13(12)17/h2-3,6-7,14H,4-5,8-11H2,1H3/t14-/m1/s1. The molecule has 1 aromatic carbocycles. The van der Waals surface area contributed by atoms with Crippen LogP contribution in [0, 0.1) is 0 Å². The number of esters is 1. The molecule has 4 nitrogen and oxygen atoms in total. The molecule has 2 rings (SSSR count). The van der Waals surface area contributed by atoms with Crippen molar-refractivity contribution in [3.63, 3.8) is 0 Å². The van der Waals surface area contributed by atoms with Gasteiger partial charge in [0.1, 0.15) is 6.04 Å². The van der Waals surface area contributed by atoms with Crippen molar-refractivity contribution >= 4 is 23.5 Å². The Morgan fingerprint density at radius 1 is 1.33 bits per heavy atom. The molecule has 5 heteroatoms. The van der Waals surface area contributed by atoms with Crippen molar-refractivity contribution in [2.75, 3.05) is 13.7 Å². The summed E-state index contributed by atoms with van der Waals surface area (Å²) in [7, 11) is 1.36. The molecule has 1 atom stereocenters. The van der Waals surface area contributed by atoms with Crippen molar-refractivity contribution in [1.29, 1.82) is 0 Å². The van der Waals surface area contributed by atoms with Gasteiger partial charge in [0, 0.05) is 18.0 Å². The Morgan fingerprint density at radius 2 is 2.10 bits per heavy atom. The summed E-state index contributed by atoms with van der Waals surface area (Å²) in [4.78, 5) is 25.8. The predicted molar refractivity (Wildman–Crippen MR) is 81.1 cm³/mol. The molecule has 1 aliphatic rings. The van der Waals surface area contributed by atoms with Gasteiger partial charge in [-0.3, -0.25) is 4.79 Å². The molecule has 0 saturated carbocycles. The molecule has 0 radical (unpaired) electrons. The molecule has 1 aromatic rings. The molecule has 1 amide bonds. The highest BCUT2D eigenvalue weighted by Gasteiger charge is 2.32. The third-order valence-corrected chi connectivity index (χ3v) is 4.23. The van der Waals surface area contributed by atoms with Gasteiger partial charge < -0.3 is 9.64 Å². The average Bonchev–Trinajstić information content (AvgIpc) is 2.53. The topological polar surface area (TPSA) is 46.6 Å². The molecule has 0 spiro atoms. The van der Waals surface area contributed by atoms with Crippen LogP contribution < -0.4 is 0 Å². The number of nitrogens with zero attached hydrogens (tertiary/aromatic N) is 1. The zero-order chi connectivity index (χ0) is 15.2. The van der Waals surface area contributed by atoms with Gasteiger partial charge in [0.25, 0.3) is 0 Å². The summed E-state index contributed by atoms with van der Waals surface area (Å²) in [6.07, 6.45) is 3.52. The van der Waals surface area contributed by atoms with Crippen molar-refractivity contribution in [3.8, 4) is 0 Å². The minimum Gasteiger partial charge on any atom is -0.467 e. The summed E-state index contributed by atoms with van der Waals surface area (Å²) >= 11 is 6.10. The summed E-state index contributed by atoms with van der Waals surface area (Å²) < 4.78 is 4.80. The number of aryl methyl sites for hydroxylation is 1. The number of halogens is 1. The maximum Gasteiger partial charge on any atom is 0.328 e. The number of methoxy groups -OCH3 is 1. The van der Waals surface area contributed by atoms with E-state index in [1.807, 2.05) is 24.3 Å². The normalized spacial score (nSPS) is 18.4. The fraction of sp³-hybridized carbons (Fsp3) is 0.500. The van der Waals surface area contributed by atoms with E-state index in [2.05, 4.69) is 0 Å². The van der Waals surface area contributed by atoms with E-state index in [0.29, 0.717) is 30.8 Å². The van der Waals surface area contributed by atoms with Gasteiger partial charge in [-0.15, -0.1) is 0 Å². The SMILES string of the molecule is COC(=O)[C@H]1CCCCN1C(=O)CCc1ccccc1Cl. The second kappa shape index (κ2) is 7.46. The van der Waals surface area contributed by atoms with E-state index in [4.69, 9.17) is 16.3 Å². The number of benzene rings is 1. The minimum atomic E-state index is -0.428. The highest BCUT2D eigenvalue weighted by atomic mass is 35.5. The smallest absolute Gasteiger partial charge is 0.328 e. The van der Waals surface area contributed by atoms with Crippen LogP contribution in [-0.4, -0.2) is 36.5 Å². The quantitative estimate of drug-likeness (QED) is 0.804. The van der Waals surface area contributed by atoms with Crippen LogP contribution in [0.5, 0.6) is 0 Å². The third kappa shape index (κ3) is 3.97. The van der Waals surface area contributed by atoms with Crippen LogP contribution in [0.4, 0.5) is 0 Å². The molecule has 0 aromatic heterocycles. The Hall–Kier alpha value is -1.55. The van der Waals surface area contributed by atoms with E-state index in [0.717, 1.165) is 18.4 Å². The highest BCUT2D eigenvalue weighted by molar-refractivity contribution is 6.31. The molecule has 114 valence electrons. The molecule has 1 heterocycles. The first-order valence-corrected chi connectivity index (χ1v) is 7.62. The van der Waals surface area contributed by atoms with Crippen molar-refractivity contribution < 1.29 is 14.3 Å². The van der Waals surface area contributed by atoms with Crippen molar-refractivity contribution in [1.82, 2.24) is 4.90 Å².